The van der Waals surface area contributed by atoms with Crippen LogP contribution in [-0.2, 0) is 11.2 Å². The first-order valence-corrected chi connectivity index (χ1v) is 6.57. The number of carboxylic acid groups (broad SMARTS) is 1. The van der Waals surface area contributed by atoms with Gasteiger partial charge in [0, 0.05) is 31.5 Å². The van der Waals surface area contributed by atoms with Gasteiger partial charge in [-0.25, -0.2) is 4.79 Å². The van der Waals surface area contributed by atoms with Gasteiger partial charge in [-0.15, -0.1) is 0 Å². The van der Waals surface area contributed by atoms with E-state index in [4.69, 9.17) is 5.11 Å². The lowest BCUT2D eigenvalue weighted by molar-refractivity contribution is -0.120. The second-order valence-corrected chi connectivity index (χ2v) is 4.88. The highest BCUT2D eigenvalue weighted by Crippen LogP contribution is 2.27. The van der Waals surface area contributed by atoms with E-state index >= 15 is 0 Å². The normalized spacial score (nSPS) is 18.1. The fraction of sp³-hybridized carbons (Fsp3) is 0.357. The minimum absolute atomic E-state index is 0.0763. The summed E-state index contributed by atoms with van der Waals surface area (Å²) in [7, 11) is 0. The van der Waals surface area contributed by atoms with Crippen molar-refractivity contribution in [3.8, 4) is 0 Å². The molecule has 1 aromatic rings. The van der Waals surface area contributed by atoms with Gasteiger partial charge in [-0.05, 0) is 23.6 Å². The van der Waals surface area contributed by atoms with Gasteiger partial charge in [0.15, 0.2) is 0 Å². The van der Waals surface area contributed by atoms with E-state index in [9.17, 15) is 9.59 Å². The molecule has 0 radical (unpaired) electrons. The lowest BCUT2D eigenvalue weighted by Crippen LogP contribution is -2.52. The van der Waals surface area contributed by atoms with Gasteiger partial charge in [0.05, 0.1) is 0 Å². The smallest absolute Gasteiger partial charge is 0.407 e. The molecule has 0 atom stereocenters. The maximum Gasteiger partial charge on any atom is 0.407 e. The number of fused-ring (bicyclic) bond motifs is 1. The third kappa shape index (κ3) is 2.13. The molecule has 0 aromatic heterocycles. The van der Waals surface area contributed by atoms with Gasteiger partial charge in [0.1, 0.15) is 6.54 Å². The Balaban J connectivity index is 1.89. The molecule has 0 bridgehead atoms. The van der Waals surface area contributed by atoms with Gasteiger partial charge in [0.2, 0.25) is 5.91 Å². The quantitative estimate of drug-likeness (QED) is 0.829. The van der Waals surface area contributed by atoms with Crippen molar-refractivity contribution in [1.29, 1.82) is 0 Å². The van der Waals surface area contributed by atoms with E-state index in [2.05, 4.69) is 4.99 Å². The third-order valence-electron chi connectivity index (χ3n) is 3.69. The Morgan fingerprint density at radius 2 is 2.15 bits per heavy atom. The molecule has 0 saturated carbocycles. The Labute approximate surface area is 116 Å². The van der Waals surface area contributed by atoms with Crippen molar-refractivity contribution in [2.75, 3.05) is 31.1 Å². The minimum atomic E-state index is -1.04. The van der Waals surface area contributed by atoms with Crippen molar-refractivity contribution in [3.05, 3.63) is 29.3 Å². The number of rotatable bonds is 1. The summed E-state index contributed by atoms with van der Waals surface area (Å²) in [5.74, 6) is -0.172. The summed E-state index contributed by atoms with van der Waals surface area (Å²) in [5, 5.41) is 8.94. The first kappa shape index (κ1) is 12.7. The Kier molecular flexibility index (Phi) is 3.14. The van der Waals surface area contributed by atoms with Crippen molar-refractivity contribution < 1.29 is 14.7 Å². The molecular weight excluding hydrogens is 258 g/mol. The lowest BCUT2D eigenvalue weighted by atomic mass is 9.99. The highest BCUT2D eigenvalue weighted by molar-refractivity contribution is 5.99. The summed E-state index contributed by atoms with van der Waals surface area (Å²) in [6.45, 7) is 1.40. The van der Waals surface area contributed by atoms with E-state index < -0.39 is 6.09 Å². The van der Waals surface area contributed by atoms with Crippen LogP contribution in [0, 0.1) is 0 Å². The molecule has 2 amide bonds. The number of hydrogen-bond donors (Lipinski definition) is 1. The van der Waals surface area contributed by atoms with Crippen molar-refractivity contribution in [2.24, 2.45) is 4.99 Å². The van der Waals surface area contributed by atoms with Crippen molar-refractivity contribution in [1.82, 2.24) is 4.90 Å². The Hall–Kier alpha value is -2.37. The molecule has 2 aliphatic rings. The molecule has 0 unspecified atom stereocenters. The number of benzene rings is 1. The third-order valence-corrected chi connectivity index (χ3v) is 3.69. The molecule has 6 nitrogen and oxygen atoms in total. The van der Waals surface area contributed by atoms with Gasteiger partial charge in [-0.2, -0.15) is 0 Å². The Bertz CT molecular complexity index is 597. The standard InChI is InChI=1S/C14H15N3O3/c18-13-9-16(14(19)20)6-7-17(13)12-3-1-2-10-8-15-5-4-11(10)12/h1-3,8H,4-7,9H2,(H,19,20). The predicted molar refractivity (Wildman–Crippen MR) is 74.6 cm³/mol. The van der Waals surface area contributed by atoms with Crippen LogP contribution in [0.4, 0.5) is 10.5 Å². The Morgan fingerprint density at radius 3 is 2.90 bits per heavy atom. The van der Waals surface area contributed by atoms with E-state index in [0.717, 1.165) is 34.7 Å². The van der Waals surface area contributed by atoms with E-state index in [-0.39, 0.29) is 12.5 Å². The first-order chi connectivity index (χ1) is 9.66. The summed E-state index contributed by atoms with van der Waals surface area (Å²) < 4.78 is 0. The van der Waals surface area contributed by atoms with Gasteiger partial charge in [0.25, 0.3) is 0 Å². The predicted octanol–water partition coefficient (Wildman–Crippen LogP) is 0.988. The highest BCUT2D eigenvalue weighted by Gasteiger charge is 2.29. The second-order valence-electron chi connectivity index (χ2n) is 4.88. The number of carbonyl (C=O) groups excluding carboxylic acids is 1. The number of carbonyl (C=O) groups is 2. The maximum absolute atomic E-state index is 12.2. The molecule has 1 fully saturated rings. The van der Waals surface area contributed by atoms with Crippen LogP contribution in [0.2, 0.25) is 0 Å². The summed E-state index contributed by atoms with van der Waals surface area (Å²) in [5.41, 5.74) is 3.06. The number of aliphatic imine (C=N–C) groups is 1. The zero-order valence-electron chi connectivity index (χ0n) is 11.0. The molecule has 104 valence electrons. The molecule has 2 heterocycles. The molecule has 20 heavy (non-hydrogen) atoms. The van der Waals surface area contributed by atoms with Crippen LogP contribution in [0.5, 0.6) is 0 Å². The van der Waals surface area contributed by atoms with Crippen molar-refractivity contribution in [3.63, 3.8) is 0 Å². The average molecular weight is 273 g/mol. The summed E-state index contributed by atoms with van der Waals surface area (Å²) in [6.07, 6.45) is 1.61. The van der Waals surface area contributed by atoms with Gasteiger partial charge in [-0.3, -0.25) is 14.7 Å². The first-order valence-electron chi connectivity index (χ1n) is 6.57. The summed E-state index contributed by atoms with van der Waals surface area (Å²) in [6, 6.07) is 5.81. The van der Waals surface area contributed by atoms with Crippen LogP contribution >= 0.6 is 0 Å². The largest absolute Gasteiger partial charge is 0.465 e. The van der Waals surface area contributed by atoms with E-state index in [1.807, 2.05) is 24.4 Å². The SMILES string of the molecule is O=C(O)N1CCN(c2cccc3c2CCN=C3)C(=O)C1. The molecule has 1 saturated heterocycles. The van der Waals surface area contributed by atoms with Crippen LogP contribution in [0.25, 0.3) is 0 Å². The number of amides is 2. The van der Waals surface area contributed by atoms with E-state index in [1.165, 1.54) is 0 Å². The van der Waals surface area contributed by atoms with E-state index in [0.29, 0.717) is 13.1 Å². The number of piperazine rings is 1. The fourth-order valence-electron chi connectivity index (χ4n) is 2.67. The summed E-state index contributed by atoms with van der Waals surface area (Å²) >= 11 is 0. The number of nitrogens with zero attached hydrogens (tertiary/aromatic N) is 3. The fourth-order valence-corrected chi connectivity index (χ4v) is 2.67. The Morgan fingerprint density at radius 1 is 1.30 bits per heavy atom. The number of hydrogen-bond acceptors (Lipinski definition) is 3. The van der Waals surface area contributed by atoms with Crippen LogP contribution in [0.1, 0.15) is 11.1 Å². The lowest BCUT2D eigenvalue weighted by Gasteiger charge is -2.34. The molecular formula is C14H15N3O3. The molecule has 0 aliphatic carbocycles. The molecule has 2 aliphatic heterocycles. The van der Waals surface area contributed by atoms with Gasteiger partial charge < -0.3 is 10.0 Å². The van der Waals surface area contributed by atoms with Gasteiger partial charge >= 0.3 is 6.09 Å². The maximum atomic E-state index is 12.2. The van der Waals surface area contributed by atoms with Crippen molar-refractivity contribution >= 4 is 23.9 Å². The van der Waals surface area contributed by atoms with Gasteiger partial charge in [-0.1, -0.05) is 12.1 Å². The van der Waals surface area contributed by atoms with E-state index in [1.54, 1.807) is 4.90 Å². The minimum Gasteiger partial charge on any atom is -0.465 e. The highest BCUT2D eigenvalue weighted by atomic mass is 16.4. The van der Waals surface area contributed by atoms with Crippen LogP contribution in [0.3, 0.4) is 0 Å². The molecule has 3 rings (SSSR count). The zero-order chi connectivity index (χ0) is 14.1. The number of anilines is 1. The molecule has 1 N–H and O–H groups in total. The topological polar surface area (TPSA) is 73.2 Å². The van der Waals surface area contributed by atoms with Crippen molar-refractivity contribution in [2.45, 2.75) is 6.42 Å². The zero-order valence-corrected chi connectivity index (χ0v) is 11.0. The molecule has 0 spiro atoms. The van der Waals surface area contributed by atoms with Crippen LogP contribution in [0.15, 0.2) is 23.2 Å². The second kappa shape index (κ2) is 4.96. The summed E-state index contributed by atoms with van der Waals surface area (Å²) in [4.78, 5) is 30.2. The molecule has 6 heteroatoms. The van der Waals surface area contributed by atoms with Crippen LogP contribution in [-0.4, -0.2) is 54.4 Å². The monoisotopic (exact) mass is 273 g/mol. The van der Waals surface area contributed by atoms with Crippen LogP contribution < -0.4 is 4.90 Å². The molecule has 1 aromatic carbocycles. The average Bonchev–Trinajstić information content (AvgIpc) is 2.46.